The van der Waals surface area contributed by atoms with Crippen molar-refractivity contribution >= 4 is 17.7 Å². The summed E-state index contributed by atoms with van der Waals surface area (Å²) >= 11 is 0. The van der Waals surface area contributed by atoms with Gasteiger partial charge in [0.15, 0.2) is 12.4 Å². The Balaban J connectivity index is 2.41. The van der Waals surface area contributed by atoms with Crippen molar-refractivity contribution in [3.05, 3.63) is 29.6 Å². The number of aliphatic imine (C=N–C) groups is 1. The van der Waals surface area contributed by atoms with Crippen LogP contribution >= 0.6 is 0 Å². The standard InChI is InChI=1S/C16H17N3O3/c1-5-9-22-14(20)11-7-6-8-17-12(11)13-18-15(21)16(4,19-13)10(2)3/h1,6-8,10H,9H2,2-4H3,(H,18,19,21). The van der Waals surface area contributed by atoms with Gasteiger partial charge in [-0.2, -0.15) is 0 Å². The molecule has 2 rings (SSSR count). The van der Waals surface area contributed by atoms with Crippen molar-refractivity contribution in [1.29, 1.82) is 0 Å². The summed E-state index contributed by atoms with van der Waals surface area (Å²) in [4.78, 5) is 32.8. The molecule has 1 atom stereocenters. The SMILES string of the molecule is C#CCOC(=O)c1cccnc1C1=NC(C)(C(C)C)C(=O)N1. The summed E-state index contributed by atoms with van der Waals surface area (Å²) < 4.78 is 4.92. The fraction of sp³-hybridized carbons (Fsp3) is 0.375. The fourth-order valence-electron chi connectivity index (χ4n) is 1.99. The molecule has 6 nitrogen and oxygen atoms in total. The molecule has 1 amide bonds. The van der Waals surface area contributed by atoms with E-state index in [1.54, 1.807) is 19.1 Å². The number of hydrogen-bond acceptors (Lipinski definition) is 5. The van der Waals surface area contributed by atoms with E-state index in [1.165, 1.54) is 6.20 Å². The first-order chi connectivity index (χ1) is 10.4. The molecule has 0 radical (unpaired) electrons. The molecule has 0 bridgehead atoms. The summed E-state index contributed by atoms with van der Waals surface area (Å²) in [7, 11) is 0. The van der Waals surface area contributed by atoms with Gasteiger partial charge in [0.25, 0.3) is 5.91 Å². The van der Waals surface area contributed by atoms with Crippen molar-refractivity contribution in [2.75, 3.05) is 6.61 Å². The zero-order chi connectivity index (χ0) is 16.3. The first kappa shape index (κ1) is 15.7. The van der Waals surface area contributed by atoms with Crippen molar-refractivity contribution in [2.45, 2.75) is 26.3 Å². The summed E-state index contributed by atoms with van der Waals surface area (Å²) in [5, 5.41) is 2.69. The first-order valence-corrected chi connectivity index (χ1v) is 6.87. The zero-order valence-corrected chi connectivity index (χ0v) is 12.7. The number of carbonyl (C=O) groups excluding carboxylic acids is 2. The third-order valence-electron chi connectivity index (χ3n) is 3.70. The molecule has 0 spiro atoms. The molecule has 0 fully saturated rings. The summed E-state index contributed by atoms with van der Waals surface area (Å²) in [5.74, 6) is 1.69. The molecule has 0 aliphatic carbocycles. The van der Waals surface area contributed by atoms with Crippen LogP contribution in [0.5, 0.6) is 0 Å². The van der Waals surface area contributed by atoms with Gasteiger partial charge in [0.1, 0.15) is 11.2 Å². The summed E-state index contributed by atoms with van der Waals surface area (Å²) in [6.45, 7) is 5.44. The van der Waals surface area contributed by atoms with Crippen molar-refractivity contribution in [3.8, 4) is 12.3 Å². The minimum Gasteiger partial charge on any atom is -0.449 e. The highest BCUT2D eigenvalue weighted by Crippen LogP contribution is 2.27. The van der Waals surface area contributed by atoms with Crippen LogP contribution in [-0.2, 0) is 9.53 Å². The second-order valence-electron chi connectivity index (χ2n) is 5.40. The number of carbonyl (C=O) groups is 2. The van der Waals surface area contributed by atoms with E-state index in [4.69, 9.17) is 11.2 Å². The summed E-state index contributed by atoms with van der Waals surface area (Å²) in [6.07, 6.45) is 6.60. The van der Waals surface area contributed by atoms with E-state index < -0.39 is 11.5 Å². The van der Waals surface area contributed by atoms with E-state index in [9.17, 15) is 9.59 Å². The summed E-state index contributed by atoms with van der Waals surface area (Å²) in [5.41, 5.74) is -0.389. The Morgan fingerprint density at radius 1 is 1.55 bits per heavy atom. The van der Waals surface area contributed by atoms with Crippen molar-refractivity contribution < 1.29 is 14.3 Å². The Bertz CT molecular complexity index is 688. The minimum absolute atomic E-state index is 0.00514. The molecular weight excluding hydrogens is 282 g/mol. The van der Waals surface area contributed by atoms with E-state index >= 15 is 0 Å². The van der Waals surface area contributed by atoms with Gasteiger partial charge >= 0.3 is 5.97 Å². The van der Waals surface area contributed by atoms with Gasteiger partial charge in [0, 0.05) is 6.20 Å². The number of aromatic nitrogens is 1. The Kier molecular flexibility index (Phi) is 4.27. The van der Waals surface area contributed by atoms with Crippen LogP contribution in [0.4, 0.5) is 0 Å². The highest BCUT2D eigenvalue weighted by atomic mass is 16.5. The second-order valence-corrected chi connectivity index (χ2v) is 5.40. The van der Waals surface area contributed by atoms with Gasteiger partial charge in [-0.05, 0) is 25.0 Å². The van der Waals surface area contributed by atoms with Crippen molar-refractivity contribution in [2.24, 2.45) is 10.9 Å². The molecule has 1 unspecified atom stereocenters. The number of terminal acetylenes is 1. The molecule has 1 aromatic heterocycles. The molecule has 1 aromatic rings. The second kappa shape index (κ2) is 5.98. The molecular formula is C16H17N3O3. The maximum atomic E-state index is 12.2. The quantitative estimate of drug-likeness (QED) is 0.668. The number of nitrogens with one attached hydrogen (secondary N) is 1. The van der Waals surface area contributed by atoms with Crippen LogP contribution in [0.3, 0.4) is 0 Å². The smallest absolute Gasteiger partial charge is 0.341 e. The predicted molar refractivity (Wildman–Crippen MR) is 81.3 cm³/mol. The minimum atomic E-state index is -0.882. The molecule has 0 saturated heterocycles. The van der Waals surface area contributed by atoms with Crippen molar-refractivity contribution in [1.82, 2.24) is 10.3 Å². The number of hydrogen-bond donors (Lipinski definition) is 1. The maximum absolute atomic E-state index is 12.2. The van der Waals surface area contributed by atoms with Gasteiger partial charge in [0.2, 0.25) is 0 Å². The maximum Gasteiger partial charge on any atom is 0.341 e. The zero-order valence-electron chi connectivity index (χ0n) is 12.7. The van der Waals surface area contributed by atoms with Gasteiger partial charge < -0.3 is 10.1 Å². The number of nitrogens with zero attached hydrogens (tertiary/aromatic N) is 2. The van der Waals surface area contributed by atoms with Crippen LogP contribution in [-0.4, -0.2) is 34.8 Å². The lowest BCUT2D eigenvalue weighted by molar-refractivity contribution is -0.124. The van der Waals surface area contributed by atoms with Crippen LogP contribution in [0.15, 0.2) is 23.3 Å². The summed E-state index contributed by atoms with van der Waals surface area (Å²) in [6, 6.07) is 3.16. The fourth-order valence-corrected chi connectivity index (χ4v) is 1.99. The van der Waals surface area contributed by atoms with Gasteiger partial charge in [-0.1, -0.05) is 19.8 Å². The lowest BCUT2D eigenvalue weighted by atomic mass is 9.89. The molecule has 6 heteroatoms. The Hall–Kier alpha value is -2.68. The Labute approximate surface area is 129 Å². The Morgan fingerprint density at radius 3 is 2.86 bits per heavy atom. The van der Waals surface area contributed by atoms with Crippen LogP contribution in [0.2, 0.25) is 0 Å². The number of esters is 1. The van der Waals surface area contributed by atoms with Gasteiger partial charge in [-0.3, -0.25) is 9.78 Å². The number of amides is 1. The topological polar surface area (TPSA) is 80.7 Å². The van der Waals surface area contributed by atoms with Gasteiger partial charge in [-0.25, -0.2) is 9.79 Å². The normalized spacial score (nSPS) is 20.3. The molecule has 1 N–H and O–H groups in total. The number of rotatable bonds is 4. The third-order valence-corrected chi connectivity index (χ3v) is 3.70. The van der Waals surface area contributed by atoms with E-state index in [1.807, 2.05) is 13.8 Å². The largest absolute Gasteiger partial charge is 0.449 e. The lowest BCUT2D eigenvalue weighted by Crippen LogP contribution is -2.41. The molecule has 0 saturated carbocycles. The van der Waals surface area contributed by atoms with Gasteiger partial charge in [0.05, 0.1) is 5.56 Å². The molecule has 22 heavy (non-hydrogen) atoms. The predicted octanol–water partition coefficient (Wildman–Crippen LogP) is 1.16. The number of amidine groups is 1. The van der Waals surface area contributed by atoms with E-state index in [-0.39, 0.29) is 35.5 Å². The van der Waals surface area contributed by atoms with Crippen molar-refractivity contribution in [3.63, 3.8) is 0 Å². The van der Waals surface area contributed by atoms with E-state index in [2.05, 4.69) is 21.2 Å². The number of ether oxygens (including phenoxy) is 1. The highest BCUT2D eigenvalue weighted by molar-refractivity contribution is 6.17. The van der Waals surface area contributed by atoms with Crippen LogP contribution in [0, 0.1) is 18.3 Å². The lowest BCUT2D eigenvalue weighted by Gasteiger charge is -2.21. The third kappa shape index (κ3) is 2.70. The molecule has 2 heterocycles. The highest BCUT2D eigenvalue weighted by Gasteiger charge is 2.43. The average Bonchev–Trinajstić information content (AvgIpc) is 2.81. The van der Waals surface area contributed by atoms with Crippen LogP contribution in [0.1, 0.15) is 36.8 Å². The first-order valence-electron chi connectivity index (χ1n) is 6.87. The molecule has 0 aromatic carbocycles. The number of pyridine rings is 1. The monoisotopic (exact) mass is 299 g/mol. The molecule has 1 aliphatic heterocycles. The van der Waals surface area contributed by atoms with Crippen LogP contribution in [0.25, 0.3) is 0 Å². The molecule has 1 aliphatic rings. The van der Waals surface area contributed by atoms with Gasteiger partial charge in [-0.15, -0.1) is 6.42 Å². The average molecular weight is 299 g/mol. The van der Waals surface area contributed by atoms with Crippen LogP contribution < -0.4 is 5.32 Å². The van der Waals surface area contributed by atoms with E-state index in [0.29, 0.717) is 0 Å². The Morgan fingerprint density at radius 2 is 2.27 bits per heavy atom. The molecule has 114 valence electrons. The van der Waals surface area contributed by atoms with E-state index in [0.717, 1.165) is 0 Å².